The number of nitrogens with two attached hydrogens (primary N) is 1. The number of halogens is 1. The van der Waals surface area contributed by atoms with Crippen molar-refractivity contribution >= 4 is 75.4 Å². The summed E-state index contributed by atoms with van der Waals surface area (Å²) in [6, 6.07) is 16.0. The molecular weight excluding hydrogens is 1140 g/mol. The Morgan fingerprint density at radius 3 is 1.47 bits per heavy atom. The smallest absolute Gasteiger partial charge is 0.407 e. The third-order valence-corrected chi connectivity index (χ3v) is 15.3. The summed E-state index contributed by atoms with van der Waals surface area (Å²) in [5.41, 5.74) is 13.8. The number of ketones is 2. The van der Waals surface area contributed by atoms with Gasteiger partial charge in [-0.15, -0.1) is 22.7 Å². The molecule has 0 saturated heterocycles. The fraction of sp³-hybridized carbons (Fsp3) is 0.419. The largest absolute Gasteiger partial charge is 0.444 e. The van der Waals surface area contributed by atoms with Crippen LogP contribution in [0, 0.1) is 13.8 Å². The molecule has 0 aliphatic rings. The topological polar surface area (TPSA) is 262 Å². The molecule has 6 heterocycles. The molecule has 0 atom stereocenters. The molecular formula is C62H79ClN14O6S2. The molecule has 8 rings (SSSR count). The van der Waals surface area contributed by atoms with Crippen LogP contribution >= 0.6 is 34.3 Å². The van der Waals surface area contributed by atoms with Gasteiger partial charge in [0.25, 0.3) is 0 Å². The van der Waals surface area contributed by atoms with Gasteiger partial charge in [-0.3, -0.25) is 19.0 Å². The van der Waals surface area contributed by atoms with Crippen molar-refractivity contribution in [2.45, 2.75) is 158 Å². The average Bonchev–Trinajstić information content (AvgIpc) is 4.39. The molecule has 452 valence electrons. The number of hydrogen-bond acceptors (Lipinski definition) is 18. The third-order valence-electron chi connectivity index (χ3n) is 12.2. The molecule has 2 amide bonds. The van der Waals surface area contributed by atoms with Gasteiger partial charge in [-0.2, -0.15) is 10.2 Å². The van der Waals surface area contributed by atoms with Gasteiger partial charge in [-0.05, 0) is 126 Å². The minimum atomic E-state index is -0.540. The van der Waals surface area contributed by atoms with Crippen molar-refractivity contribution in [1.29, 1.82) is 0 Å². The number of nitrogens with one attached hydrogen (secondary N) is 3. The number of ether oxygens (including phenoxy) is 2. The van der Waals surface area contributed by atoms with Crippen LogP contribution in [-0.4, -0.2) is 97.5 Å². The number of thiazole rings is 2. The SMILES string of the molecule is CC(C)(C)OC(=O)NCCn1cc(N)cn1.Cc1cc(-c2ccnc(Cl)n2)ccc1CCC(=O)c1cnc(C(C)(C)C)s1.Cc1cc(-c2ccnc(Nc3cnn(CCNC(=O)OC(C)(C)C)c3)n2)ccc1CCC(=O)c1cnc(C(C)(C)C)s1. The second-order valence-corrected chi connectivity index (χ2v) is 26.6. The Labute approximate surface area is 511 Å². The van der Waals surface area contributed by atoms with E-state index in [0.717, 1.165) is 70.2 Å². The van der Waals surface area contributed by atoms with Gasteiger partial charge in [0.05, 0.1) is 68.0 Å². The summed E-state index contributed by atoms with van der Waals surface area (Å²) in [4.78, 5) is 75.9. The second-order valence-electron chi connectivity index (χ2n) is 24.2. The molecule has 6 aromatic heterocycles. The third kappa shape index (κ3) is 21.9. The number of nitrogens with zero attached hydrogens (tertiary/aromatic N) is 10. The molecule has 20 nitrogen and oxygen atoms in total. The highest BCUT2D eigenvalue weighted by Gasteiger charge is 2.23. The number of Topliss-reactive ketones (excluding diaryl/α,β-unsaturated/α-hetero) is 2. The number of rotatable bonds is 18. The van der Waals surface area contributed by atoms with Crippen molar-refractivity contribution < 1.29 is 28.7 Å². The molecule has 0 unspecified atom stereocenters. The van der Waals surface area contributed by atoms with Crippen molar-refractivity contribution in [2.24, 2.45) is 0 Å². The maximum Gasteiger partial charge on any atom is 0.407 e. The van der Waals surface area contributed by atoms with Gasteiger partial charge in [-0.25, -0.2) is 39.5 Å². The summed E-state index contributed by atoms with van der Waals surface area (Å²) in [5, 5.41) is 19.1. The van der Waals surface area contributed by atoms with E-state index in [9.17, 15) is 19.2 Å². The van der Waals surface area contributed by atoms with Crippen LogP contribution < -0.4 is 21.7 Å². The monoisotopic (exact) mass is 1210 g/mol. The highest BCUT2D eigenvalue weighted by atomic mass is 35.5. The first-order valence-corrected chi connectivity index (χ1v) is 29.9. The number of nitrogen functional groups attached to an aromatic ring is 1. The summed E-state index contributed by atoms with van der Waals surface area (Å²) >= 11 is 8.87. The number of alkyl carbamates (subject to hydrolysis) is 2. The van der Waals surface area contributed by atoms with Crippen LogP contribution in [0.4, 0.5) is 26.9 Å². The van der Waals surface area contributed by atoms with E-state index in [4.69, 9.17) is 26.8 Å². The van der Waals surface area contributed by atoms with E-state index >= 15 is 0 Å². The number of anilines is 3. The number of carbonyl (C=O) groups excluding carboxylic acids is 4. The molecule has 5 N–H and O–H groups in total. The van der Waals surface area contributed by atoms with E-state index in [1.165, 1.54) is 22.7 Å². The summed E-state index contributed by atoms with van der Waals surface area (Å²) < 4.78 is 13.7. The van der Waals surface area contributed by atoms with E-state index in [0.29, 0.717) is 63.5 Å². The first-order chi connectivity index (χ1) is 39.9. The quantitative estimate of drug-likeness (QED) is 0.0460. The van der Waals surface area contributed by atoms with Gasteiger partial charge < -0.3 is 31.2 Å². The molecule has 0 aliphatic carbocycles. The van der Waals surface area contributed by atoms with E-state index in [2.05, 4.69) is 136 Å². The predicted octanol–water partition coefficient (Wildman–Crippen LogP) is 13.2. The standard InChI is InChI=1S/C31H39N7O3S.C21H22ClN3OS.C10H18N4O2/c1-20-16-22(9-8-21(20)10-11-25(39)26-18-34-27(42-26)30(2,3)4)24-12-13-32-28(37-24)36-23-17-35-38(19-23)15-14-33-29(40)41-31(5,6)7;1-13-11-15(16-9-10-23-20(22)25-16)6-5-14(13)7-8-17(26)18-12-24-19(27-18)21(2,3)4;1-10(2,3)16-9(15)12-4-5-14-7-8(11)6-13-14/h8-9,12-13,16-19H,10-11,14-15H2,1-7H3,(H,33,40)(H,32,36,37);5-6,9-12H,7-8H2,1-4H3;6-7H,4-5,11H2,1-3H3,(H,12,15). The summed E-state index contributed by atoms with van der Waals surface area (Å²) in [5.74, 6) is 0.722. The van der Waals surface area contributed by atoms with Crippen LogP contribution in [0.5, 0.6) is 0 Å². The molecule has 0 aliphatic heterocycles. The molecule has 0 radical (unpaired) electrons. The van der Waals surface area contributed by atoms with Crippen molar-refractivity contribution in [3.05, 3.63) is 145 Å². The van der Waals surface area contributed by atoms with Crippen molar-refractivity contribution in [1.82, 2.24) is 60.1 Å². The Bertz CT molecular complexity index is 3540. The number of aryl methyl sites for hydroxylation is 4. The van der Waals surface area contributed by atoms with Crippen LogP contribution in [0.1, 0.15) is 148 Å². The molecule has 0 spiro atoms. The van der Waals surface area contributed by atoms with Crippen molar-refractivity contribution in [3.8, 4) is 22.5 Å². The normalized spacial score (nSPS) is 11.6. The van der Waals surface area contributed by atoms with E-state index in [-0.39, 0.29) is 27.7 Å². The van der Waals surface area contributed by atoms with Crippen molar-refractivity contribution in [3.63, 3.8) is 0 Å². The fourth-order valence-corrected chi connectivity index (χ4v) is 9.97. The van der Waals surface area contributed by atoms with Crippen LogP contribution in [0.3, 0.4) is 0 Å². The van der Waals surface area contributed by atoms with Crippen LogP contribution in [-0.2, 0) is 46.2 Å². The highest BCUT2D eigenvalue weighted by molar-refractivity contribution is 7.14. The average molecular weight is 1220 g/mol. The van der Waals surface area contributed by atoms with Gasteiger partial charge in [0.15, 0.2) is 11.6 Å². The lowest BCUT2D eigenvalue weighted by molar-refractivity contribution is 0.0514. The molecule has 0 bridgehead atoms. The fourth-order valence-electron chi connectivity index (χ4n) is 7.94. The number of hydrogen-bond donors (Lipinski definition) is 4. The Morgan fingerprint density at radius 2 is 1.05 bits per heavy atom. The molecule has 23 heteroatoms. The maximum absolute atomic E-state index is 12.8. The molecule has 0 saturated carbocycles. The molecule has 2 aromatic carbocycles. The summed E-state index contributed by atoms with van der Waals surface area (Å²) in [7, 11) is 0. The van der Waals surface area contributed by atoms with Gasteiger partial charge in [0, 0.05) is 85.1 Å². The van der Waals surface area contributed by atoms with E-state index < -0.39 is 23.4 Å². The minimum Gasteiger partial charge on any atom is -0.444 e. The van der Waals surface area contributed by atoms with Gasteiger partial charge in [0.1, 0.15) is 11.2 Å². The zero-order valence-corrected chi connectivity index (χ0v) is 53.5. The number of carbonyl (C=O) groups is 4. The Kier molecular flexibility index (Phi) is 22.8. The van der Waals surface area contributed by atoms with Gasteiger partial charge >= 0.3 is 12.2 Å². The predicted molar refractivity (Wildman–Crippen MR) is 337 cm³/mol. The van der Waals surface area contributed by atoms with Crippen LogP contribution in [0.2, 0.25) is 5.28 Å². The lowest BCUT2D eigenvalue weighted by Gasteiger charge is -2.19. The first-order valence-electron chi connectivity index (χ1n) is 27.9. The van der Waals surface area contributed by atoms with Crippen LogP contribution in [0.25, 0.3) is 22.5 Å². The van der Waals surface area contributed by atoms with Crippen LogP contribution in [0.15, 0.2) is 98.1 Å². The summed E-state index contributed by atoms with van der Waals surface area (Å²) in [6.45, 7) is 29.6. The Balaban J connectivity index is 0.000000229. The molecule has 0 fully saturated rings. The number of benzene rings is 2. The lowest BCUT2D eigenvalue weighted by Crippen LogP contribution is -2.34. The molecule has 8 aromatic rings. The lowest BCUT2D eigenvalue weighted by atomic mass is 9.98. The Morgan fingerprint density at radius 1 is 0.588 bits per heavy atom. The zero-order valence-electron chi connectivity index (χ0n) is 51.1. The van der Waals surface area contributed by atoms with E-state index in [1.807, 2.05) is 72.0 Å². The number of amides is 2. The van der Waals surface area contributed by atoms with E-state index in [1.54, 1.807) is 52.7 Å². The van der Waals surface area contributed by atoms with Crippen molar-refractivity contribution in [2.75, 3.05) is 24.1 Å². The number of aromatic nitrogens is 10. The minimum absolute atomic E-state index is 0.0283. The second kappa shape index (κ2) is 29.2. The van der Waals surface area contributed by atoms with Gasteiger partial charge in [-0.1, -0.05) is 65.8 Å². The van der Waals surface area contributed by atoms with Gasteiger partial charge in [0.2, 0.25) is 11.2 Å². The summed E-state index contributed by atoms with van der Waals surface area (Å²) in [6.07, 6.45) is 15.0. The highest BCUT2D eigenvalue weighted by Crippen LogP contribution is 2.30. The molecule has 85 heavy (non-hydrogen) atoms. The maximum atomic E-state index is 12.8. The Hall–Kier alpha value is -7.95. The zero-order chi connectivity index (χ0) is 62.3. The first kappa shape index (κ1) is 66.2.